The minimum Gasteiger partial charge on any atom is -0.451 e. The minimum absolute atomic E-state index is 0.0590. The van der Waals surface area contributed by atoms with Gasteiger partial charge < -0.3 is 9.47 Å². The van der Waals surface area contributed by atoms with Crippen LogP contribution in [0.15, 0.2) is 34.9 Å². The van der Waals surface area contributed by atoms with Crippen LogP contribution in [0.25, 0.3) is 0 Å². The lowest BCUT2D eigenvalue weighted by atomic mass is 9.43. The second-order valence-electron chi connectivity index (χ2n) is 20.9. The number of fused-ring (bicyclic) bond motifs is 10. The number of carbonyl (C=O) groups excluding carboxylic acids is 6. The Bertz CT molecular complexity index is 1900. The number of rotatable bonds is 6. The summed E-state index contributed by atoms with van der Waals surface area (Å²) >= 11 is 0. The molecule has 0 aromatic rings. The molecule has 0 radical (unpaired) electrons. The van der Waals surface area contributed by atoms with E-state index in [2.05, 4.69) is 40.7 Å². The third kappa shape index (κ3) is 5.20. The third-order valence-electron chi connectivity index (χ3n) is 18.7. The number of allylic oxidation sites excluding steroid dienone is 5. The maximum atomic E-state index is 14.4. The van der Waals surface area contributed by atoms with Crippen LogP contribution in [-0.2, 0) is 38.2 Å². The van der Waals surface area contributed by atoms with Crippen LogP contribution < -0.4 is 0 Å². The molecule has 8 rings (SSSR count). The molecule has 0 aromatic heterocycles. The van der Waals surface area contributed by atoms with Crippen molar-refractivity contribution in [3.63, 3.8) is 0 Å². The lowest BCUT2D eigenvalue weighted by molar-refractivity contribution is -0.188. The van der Waals surface area contributed by atoms with E-state index in [0.717, 1.165) is 68.9 Å². The summed E-state index contributed by atoms with van der Waals surface area (Å²) in [6, 6.07) is 0. The van der Waals surface area contributed by atoms with Crippen molar-refractivity contribution in [3.8, 4) is 0 Å². The number of hydrogen-bond donors (Lipinski definition) is 0. The molecule has 56 heavy (non-hydrogen) atoms. The molecule has 8 heteroatoms. The molecule has 0 spiro atoms. The highest BCUT2D eigenvalue weighted by molar-refractivity contribution is 5.95. The van der Waals surface area contributed by atoms with E-state index in [1.165, 1.54) is 19.4 Å². The first kappa shape index (κ1) is 39.7. The van der Waals surface area contributed by atoms with Crippen LogP contribution in [0.4, 0.5) is 0 Å². The summed E-state index contributed by atoms with van der Waals surface area (Å²) in [7, 11) is 0. The van der Waals surface area contributed by atoms with E-state index < -0.39 is 34.0 Å². The summed E-state index contributed by atoms with van der Waals surface area (Å²) in [5, 5.41) is 0. The van der Waals surface area contributed by atoms with Crippen molar-refractivity contribution in [1.82, 2.24) is 0 Å². The van der Waals surface area contributed by atoms with Crippen LogP contribution in [0.2, 0.25) is 0 Å². The number of esters is 2. The molecule has 0 aliphatic heterocycles. The fourth-order valence-corrected chi connectivity index (χ4v) is 16.3. The summed E-state index contributed by atoms with van der Waals surface area (Å²) in [5.74, 6) is 0.878. The van der Waals surface area contributed by atoms with Gasteiger partial charge in [-0.2, -0.15) is 0 Å². The van der Waals surface area contributed by atoms with E-state index in [0.29, 0.717) is 43.4 Å². The molecule has 0 N–H and O–H groups in total. The van der Waals surface area contributed by atoms with Crippen LogP contribution in [-0.4, -0.2) is 46.3 Å². The highest BCUT2D eigenvalue weighted by atomic mass is 16.6. The van der Waals surface area contributed by atoms with E-state index in [1.54, 1.807) is 13.8 Å². The third-order valence-corrected chi connectivity index (χ3v) is 18.7. The summed E-state index contributed by atoms with van der Waals surface area (Å²) in [5.41, 5.74) is 0.00778. The zero-order chi connectivity index (χ0) is 40.5. The van der Waals surface area contributed by atoms with Gasteiger partial charge in [-0.05, 0) is 168 Å². The second kappa shape index (κ2) is 12.9. The molecule has 8 aliphatic carbocycles. The molecule has 8 aliphatic rings. The van der Waals surface area contributed by atoms with Gasteiger partial charge in [0.25, 0.3) is 0 Å². The predicted octanol–water partition coefficient (Wildman–Crippen LogP) is 8.84. The number of ether oxygens (including phenoxy) is 2. The van der Waals surface area contributed by atoms with Crippen LogP contribution >= 0.6 is 0 Å². The lowest BCUT2D eigenvalue weighted by Crippen LogP contribution is -2.59. The average Bonchev–Trinajstić information content (AvgIpc) is 3.58. The Balaban J connectivity index is 1.11. The molecule has 0 heterocycles. The lowest BCUT2D eigenvalue weighted by Gasteiger charge is -2.61. The fourth-order valence-electron chi connectivity index (χ4n) is 16.3. The molecule has 0 aromatic carbocycles. The molecule has 304 valence electrons. The number of ketones is 4. The van der Waals surface area contributed by atoms with Gasteiger partial charge in [0, 0.05) is 37.0 Å². The van der Waals surface area contributed by atoms with E-state index in [1.807, 2.05) is 12.2 Å². The van der Waals surface area contributed by atoms with Gasteiger partial charge >= 0.3 is 11.9 Å². The first-order chi connectivity index (χ1) is 26.2. The topological polar surface area (TPSA) is 121 Å². The second-order valence-corrected chi connectivity index (χ2v) is 20.9. The van der Waals surface area contributed by atoms with Gasteiger partial charge in [-0.3, -0.25) is 28.8 Å². The van der Waals surface area contributed by atoms with Gasteiger partial charge in [-0.25, -0.2) is 0 Å². The Hall–Kier alpha value is -3.16. The van der Waals surface area contributed by atoms with Crippen LogP contribution in [0.1, 0.15) is 146 Å². The van der Waals surface area contributed by atoms with Gasteiger partial charge in [0.15, 0.2) is 34.3 Å². The van der Waals surface area contributed by atoms with E-state index in [4.69, 9.17) is 9.47 Å². The largest absolute Gasteiger partial charge is 0.451 e. The fraction of sp³-hybridized carbons (Fsp3) is 0.750. The van der Waals surface area contributed by atoms with Crippen molar-refractivity contribution < 1.29 is 38.2 Å². The number of carbonyl (C=O) groups is 6. The summed E-state index contributed by atoms with van der Waals surface area (Å²) in [4.78, 5) is 79.3. The molecular weight excluding hydrogens is 705 g/mol. The van der Waals surface area contributed by atoms with Gasteiger partial charge in [-0.15, -0.1) is 0 Å². The SMILES string of the molecule is CC(=O)O[C@]1(C(C)=O)CC[C@H]2[C@@H]3C=C(C)C4=CC(=O)C(CC5C[C@@H]6[C@H](CC[C@@]7(C)[C@H]6CC[C@]7(OC(C)=O)C(C)=O)[C@@]6(C)CCC(=O)C=C56)C[C@]4(C)[C@H]3CC[C@@]21C. The molecule has 14 atom stereocenters. The van der Waals surface area contributed by atoms with E-state index in [-0.39, 0.29) is 63.6 Å². The summed E-state index contributed by atoms with van der Waals surface area (Å²) in [6.07, 6.45) is 16.1. The molecule has 0 amide bonds. The summed E-state index contributed by atoms with van der Waals surface area (Å²) in [6.45, 7) is 17.2. The Morgan fingerprint density at radius 2 is 1.23 bits per heavy atom. The average molecular weight is 769 g/mol. The predicted molar refractivity (Wildman–Crippen MR) is 211 cm³/mol. The van der Waals surface area contributed by atoms with Crippen molar-refractivity contribution in [2.24, 2.45) is 69.0 Å². The van der Waals surface area contributed by atoms with Crippen molar-refractivity contribution >= 4 is 35.1 Å². The summed E-state index contributed by atoms with van der Waals surface area (Å²) < 4.78 is 12.1. The monoisotopic (exact) mass is 768 g/mol. The molecule has 2 unspecified atom stereocenters. The van der Waals surface area contributed by atoms with E-state index >= 15 is 0 Å². The molecule has 0 bridgehead atoms. The normalized spacial score (nSPS) is 47.7. The van der Waals surface area contributed by atoms with Gasteiger partial charge in [0.1, 0.15) is 0 Å². The maximum absolute atomic E-state index is 14.4. The number of Topliss-reactive ketones (excluding diaryl/α,β-unsaturated/α-hetero) is 2. The first-order valence-corrected chi connectivity index (χ1v) is 21.8. The van der Waals surface area contributed by atoms with Crippen LogP contribution in [0, 0.1) is 69.0 Å². The smallest absolute Gasteiger partial charge is 0.303 e. The zero-order valence-corrected chi connectivity index (χ0v) is 35.3. The minimum atomic E-state index is -1.11. The molecular formula is C48H64O8. The Kier molecular flexibility index (Phi) is 9.15. The number of hydrogen-bond acceptors (Lipinski definition) is 8. The van der Waals surface area contributed by atoms with Crippen molar-refractivity contribution in [2.45, 2.75) is 157 Å². The standard InChI is InChI=1S/C48H64O8/c1-26-20-34-37(12-17-45(8)38(34)13-18-47(45,27(2)49)55-29(4)51)44(7)25-32(42(54)24-40(26)44)21-31-22-35-36(43(6)15-10-33(53)23-41(31)43)11-16-46(9)39(35)14-19-48(46,28(3)50)56-30(5)52/h20,23-24,31-32,34-39H,10-19,21-22,25H2,1-9H3/t31?,32?,34-,35-,36+,37+,38+,39+,43-,44-,45+,46+,47+,48+/m1/s1. The van der Waals surface area contributed by atoms with Crippen molar-refractivity contribution in [1.29, 1.82) is 0 Å². The van der Waals surface area contributed by atoms with E-state index in [9.17, 15) is 28.8 Å². The quantitative estimate of drug-likeness (QED) is 0.246. The molecule has 5 saturated carbocycles. The molecule has 0 saturated heterocycles. The van der Waals surface area contributed by atoms with Crippen molar-refractivity contribution in [2.75, 3.05) is 0 Å². The Morgan fingerprint density at radius 3 is 1.82 bits per heavy atom. The zero-order valence-electron chi connectivity index (χ0n) is 35.3. The Morgan fingerprint density at radius 1 is 0.679 bits per heavy atom. The van der Waals surface area contributed by atoms with Gasteiger partial charge in [0.2, 0.25) is 0 Å². The van der Waals surface area contributed by atoms with Gasteiger partial charge in [0.05, 0.1) is 0 Å². The van der Waals surface area contributed by atoms with Crippen molar-refractivity contribution in [3.05, 3.63) is 34.9 Å². The Labute approximate surface area is 333 Å². The van der Waals surface area contributed by atoms with Gasteiger partial charge in [-0.1, -0.05) is 44.9 Å². The maximum Gasteiger partial charge on any atom is 0.303 e. The highest BCUT2D eigenvalue weighted by Crippen LogP contribution is 2.71. The highest BCUT2D eigenvalue weighted by Gasteiger charge is 2.70. The molecule has 5 fully saturated rings. The first-order valence-electron chi connectivity index (χ1n) is 21.8. The molecule has 8 nitrogen and oxygen atoms in total. The van der Waals surface area contributed by atoms with Crippen LogP contribution in [0.5, 0.6) is 0 Å². The van der Waals surface area contributed by atoms with Crippen LogP contribution in [0.3, 0.4) is 0 Å².